The summed E-state index contributed by atoms with van der Waals surface area (Å²) in [6, 6.07) is 9.10. The summed E-state index contributed by atoms with van der Waals surface area (Å²) in [5, 5.41) is 6.23. The summed E-state index contributed by atoms with van der Waals surface area (Å²) in [7, 11) is 0. The van der Waals surface area contributed by atoms with Crippen LogP contribution in [0.3, 0.4) is 0 Å². The molecule has 0 radical (unpaired) electrons. The third kappa shape index (κ3) is 4.53. The third-order valence-electron chi connectivity index (χ3n) is 4.48. The van der Waals surface area contributed by atoms with Crippen molar-refractivity contribution in [3.63, 3.8) is 0 Å². The van der Waals surface area contributed by atoms with Gasteiger partial charge in [0.15, 0.2) is 5.82 Å². The Morgan fingerprint density at radius 2 is 1.79 bits per heavy atom. The summed E-state index contributed by atoms with van der Waals surface area (Å²) in [5.41, 5.74) is 5.39. The van der Waals surface area contributed by atoms with E-state index in [4.69, 9.17) is 5.73 Å². The molecule has 7 nitrogen and oxygen atoms in total. The van der Waals surface area contributed by atoms with Gasteiger partial charge in [0.2, 0.25) is 0 Å². The topological polar surface area (TPSA) is 102 Å². The maximum absolute atomic E-state index is 12.9. The van der Waals surface area contributed by atoms with Crippen molar-refractivity contribution in [2.75, 3.05) is 16.4 Å². The highest BCUT2D eigenvalue weighted by molar-refractivity contribution is 5.64. The Labute approximate surface area is 164 Å². The minimum atomic E-state index is -4.53. The van der Waals surface area contributed by atoms with Crippen molar-refractivity contribution in [3.8, 4) is 11.5 Å². The quantitative estimate of drug-likeness (QED) is 0.588. The predicted molar refractivity (Wildman–Crippen MR) is 103 cm³/mol. The fraction of sp³-hybridized carbons (Fsp3) is 0.263. The number of nitrogens with one attached hydrogen (secondary N) is 2. The van der Waals surface area contributed by atoms with Gasteiger partial charge < -0.3 is 16.4 Å². The summed E-state index contributed by atoms with van der Waals surface area (Å²) in [6.07, 6.45) is -1.43. The molecule has 0 aromatic carbocycles. The number of pyridine rings is 2. The second-order valence-electron chi connectivity index (χ2n) is 7.15. The highest BCUT2D eigenvalue weighted by Gasteiger charge is 2.37. The molecule has 0 amide bonds. The van der Waals surface area contributed by atoms with Gasteiger partial charge in [0.25, 0.3) is 0 Å². The third-order valence-corrected chi connectivity index (χ3v) is 4.48. The van der Waals surface area contributed by atoms with Gasteiger partial charge in [0, 0.05) is 23.5 Å². The van der Waals surface area contributed by atoms with Crippen molar-refractivity contribution < 1.29 is 13.2 Å². The Hall–Kier alpha value is -3.43. The summed E-state index contributed by atoms with van der Waals surface area (Å²) in [4.78, 5) is 16.5. The highest BCUT2D eigenvalue weighted by Crippen LogP contribution is 2.38. The molecule has 0 saturated heterocycles. The molecule has 1 aliphatic carbocycles. The molecular formula is C19H18F3N7. The van der Waals surface area contributed by atoms with Crippen LogP contribution < -0.4 is 16.4 Å². The maximum Gasteiger partial charge on any atom is 0.433 e. The molecule has 3 heterocycles. The van der Waals surface area contributed by atoms with Crippen molar-refractivity contribution in [1.29, 1.82) is 0 Å². The molecule has 3 aromatic heterocycles. The molecule has 4 rings (SSSR count). The largest absolute Gasteiger partial charge is 0.433 e. The zero-order valence-electron chi connectivity index (χ0n) is 15.5. The van der Waals surface area contributed by atoms with E-state index in [1.807, 2.05) is 0 Å². The van der Waals surface area contributed by atoms with Gasteiger partial charge in [-0.05, 0) is 44.0 Å². The summed E-state index contributed by atoms with van der Waals surface area (Å²) in [5.74, 6) is 1.49. The van der Waals surface area contributed by atoms with E-state index in [1.165, 1.54) is 6.07 Å². The minimum Gasteiger partial charge on any atom is -0.384 e. The Balaban J connectivity index is 1.70. The normalized spacial score (nSPS) is 15.0. The van der Waals surface area contributed by atoms with E-state index in [1.54, 1.807) is 24.3 Å². The first-order chi connectivity index (χ1) is 13.7. The van der Waals surface area contributed by atoms with Gasteiger partial charge in [-0.3, -0.25) is 4.98 Å². The molecule has 29 heavy (non-hydrogen) atoms. The van der Waals surface area contributed by atoms with Gasteiger partial charge in [-0.15, -0.1) is 0 Å². The van der Waals surface area contributed by atoms with Crippen molar-refractivity contribution >= 4 is 23.1 Å². The minimum absolute atomic E-state index is 0.0494. The molecule has 0 unspecified atom stereocenters. The molecule has 0 bridgehead atoms. The van der Waals surface area contributed by atoms with Gasteiger partial charge in [-0.25, -0.2) is 15.0 Å². The standard InChI is InChI=1S/C19H18F3N7/c1-18(6-7-18)29-16-10-15(25-11-5-8-24-13(9-11)19(20,21)22)27-17(28-16)12-3-2-4-14(23)26-12/h2-5,8-10H,6-7H2,1H3,(H2,23,26)(H2,24,25,27,28,29). The molecule has 1 fully saturated rings. The average molecular weight is 401 g/mol. The average Bonchev–Trinajstić information content (AvgIpc) is 3.37. The number of nitrogens with zero attached hydrogens (tertiary/aromatic N) is 4. The van der Waals surface area contributed by atoms with Crippen molar-refractivity contribution in [1.82, 2.24) is 19.9 Å². The first-order valence-electron chi connectivity index (χ1n) is 8.91. The van der Waals surface area contributed by atoms with Gasteiger partial charge in [-0.1, -0.05) is 6.07 Å². The van der Waals surface area contributed by atoms with Crippen molar-refractivity contribution in [2.45, 2.75) is 31.5 Å². The number of anilines is 4. The van der Waals surface area contributed by atoms with Crippen LogP contribution in [0.5, 0.6) is 0 Å². The zero-order chi connectivity index (χ0) is 20.6. The molecule has 150 valence electrons. The van der Waals surface area contributed by atoms with E-state index < -0.39 is 11.9 Å². The molecule has 1 aliphatic rings. The molecular weight excluding hydrogens is 383 g/mol. The SMILES string of the molecule is CC1(Nc2cc(Nc3ccnc(C(F)(F)F)c3)nc(-c3cccc(N)n3)n2)CC1. The fourth-order valence-electron chi connectivity index (χ4n) is 2.70. The van der Waals surface area contributed by atoms with Crippen molar-refractivity contribution in [2.24, 2.45) is 0 Å². The lowest BCUT2D eigenvalue weighted by Crippen LogP contribution is -2.17. The molecule has 3 aromatic rings. The van der Waals surface area contributed by atoms with Gasteiger partial charge in [0.05, 0.1) is 0 Å². The van der Waals surface area contributed by atoms with Gasteiger partial charge in [0.1, 0.15) is 28.8 Å². The Kier molecular flexibility index (Phi) is 4.48. The number of hydrogen-bond acceptors (Lipinski definition) is 7. The van der Waals surface area contributed by atoms with E-state index >= 15 is 0 Å². The van der Waals surface area contributed by atoms with E-state index in [9.17, 15) is 13.2 Å². The summed E-state index contributed by atoms with van der Waals surface area (Å²) < 4.78 is 38.8. The first-order valence-corrected chi connectivity index (χ1v) is 8.91. The number of alkyl halides is 3. The number of nitrogen functional groups attached to an aromatic ring is 1. The van der Waals surface area contributed by atoms with Crippen LogP contribution in [0.25, 0.3) is 11.5 Å². The fourth-order valence-corrected chi connectivity index (χ4v) is 2.70. The molecule has 4 N–H and O–H groups in total. The van der Waals surface area contributed by atoms with Crippen LogP contribution in [-0.4, -0.2) is 25.5 Å². The van der Waals surface area contributed by atoms with E-state index in [0.29, 0.717) is 29.0 Å². The van der Waals surface area contributed by atoms with Gasteiger partial charge in [-0.2, -0.15) is 13.2 Å². The lowest BCUT2D eigenvalue weighted by Gasteiger charge is -2.15. The number of aromatic nitrogens is 4. The second-order valence-corrected chi connectivity index (χ2v) is 7.15. The van der Waals surface area contributed by atoms with Crippen LogP contribution in [0.15, 0.2) is 42.6 Å². The summed E-state index contributed by atoms with van der Waals surface area (Å²) in [6.45, 7) is 2.07. The first kappa shape index (κ1) is 18.9. The Bertz CT molecular complexity index is 1050. The van der Waals surface area contributed by atoms with E-state index in [-0.39, 0.29) is 11.2 Å². The number of hydrogen-bond donors (Lipinski definition) is 3. The Morgan fingerprint density at radius 3 is 2.48 bits per heavy atom. The monoisotopic (exact) mass is 401 g/mol. The number of nitrogens with two attached hydrogens (primary N) is 1. The second kappa shape index (κ2) is 6.87. The van der Waals surface area contributed by atoms with Crippen LogP contribution in [-0.2, 0) is 6.18 Å². The van der Waals surface area contributed by atoms with Crippen LogP contribution in [0.1, 0.15) is 25.5 Å². The predicted octanol–water partition coefficient (Wildman–Crippen LogP) is 4.24. The van der Waals surface area contributed by atoms with E-state index in [0.717, 1.165) is 25.1 Å². The van der Waals surface area contributed by atoms with Crippen molar-refractivity contribution in [3.05, 3.63) is 48.3 Å². The number of rotatable bonds is 5. The molecule has 0 spiro atoms. The zero-order valence-corrected chi connectivity index (χ0v) is 15.5. The molecule has 10 heteroatoms. The number of halogens is 3. The Morgan fingerprint density at radius 1 is 1.03 bits per heavy atom. The summed E-state index contributed by atoms with van der Waals surface area (Å²) >= 11 is 0. The van der Waals surface area contributed by atoms with Gasteiger partial charge >= 0.3 is 6.18 Å². The highest BCUT2D eigenvalue weighted by atomic mass is 19.4. The van der Waals surface area contributed by atoms with Crippen LogP contribution in [0, 0.1) is 0 Å². The lowest BCUT2D eigenvalue weighted by molar-refractivity contribution is -0.141. The van der Waals surface area contributed by atoms with Crippen LogP contribution >= 0.6 is 0 Å². The molecule has 0 atom stereocenters. The van der Waals surface area contributed by atoms with Crippen LogP contribution in [0.4, 0.5) is 36.3 Å². The smallest absolute Gasteiger partial charge is 0.384 e. The lowest BCUT2D eigenvalue weighted by atomic mass is 10.3. The molecule has 1 saturated carbocycles. The maximum atomic E-state index is 12.9. The van der Waals surface area contributed by atoms with Crippen LogP contribution in [0.2, 0.25) is 0 Å². The van der Waals surface area contributed by atoms with E-state index in [2.05, 4.69) is 37.5 Å². The molecule has 0 aliphatic heterocycles.